The molecule has 2 aromatic rings. The SMILES string of the molecule is C=CCn1nc(C(=O)O)c2c1CCC(NCc1c(F)cccc1Cl)C2. The second kappa shape index (κ2) is 7.37. The molecule has 2 N–H and O–H groups in total. The summed E-state index contributed by atoms with van der Waals surface area (Å²) in [6, 6.07) is 4.65. The van der Waals surface area contributed by atoms with Gasteiger partial charge in [-0.25, -0.2) is 9.18 Å². The maximum absolute atomic E-state index is 13.9. The van der Waals surface area contributed by atoms with Crippen LogP contribution in [-0.2, 0) is 25.9 Å². The third-order valence-corrected chi connectivity index (χ3v) is 4.83. The average molecular weight is 364 g/mol. The van der Waals surface area contributed by atoms with Crippen molar-refractivity contribution in [1.29, 1.82) is 0 Å². The molecule has 1 aliphatic carbocycles. The van der Waals surface area contributed by atoms with E-state index < -0.39 is 5.97 Å². The summed E-state index contributed by atoms with van der Waals surface area (Å²) >= 11 is 6.05. The first-order valence-electron chi connectivity index (χ1n) is 8.10. The van der Waals surface area contributed by atoms with Crippen LogP contribution in [0.25, 0.3) is 0 Å². The zero-order valence-electron chi connectivity index (χ0n) is 13.6. The Balaban J connectivity index is 1.77. The van der Waals surface area contributed by atoms with E-state index in [-0.39, 0.29) is 17.6 Å². The van der Waals surface area contributed by atoms with Crippen molar-refractivity contribution in [3.8, 4) is 0 Å². The van der Waals surface area contributed by atoms with E-state index in [0.29, 0.717) is 36.5 Å². The summed E-state index contributed by atoms with van der Waals surface area (Å²) in [5.74, 6) is -1.38. The number of allylic oxidation sites excluding steroid dienone is 1. The van der Waals surface area contributed by atoms with Crippen molar-refractivity contribution in [1.82, 2.24) is 15.1 Å². The van der Waals surface area contributed by atoms with Gasteiger partial charge in [-0.1, -0.05) is 23.7 Å². The van der Waals surface area contributed by atoms with Crippen molar-refractivity contribution in [2.75, 3.05) is 0 Å². The molecule has 1 heterocycles. The highest BCUT2D eigenvalue weighted by Gasteiger charge is 2.28. The molecule has 0 bridgehead atoms. The van der Waals surface area contributed by atoms with Gasteiger partial charge in [0, 0.05) is 34.4 Å². The van der Waals surface area contributed by atoms with Crippen molar-refractivity contribution in [3.63, 3.8) is 0 Å². The minimum Gasteiger partial charge on any atom is -0.476 e. The van der Waals surface area contributed by atoms with Crippen LogP contribution in [0, 0.1) is 5.82 Å². The zero-order chi connectivity index (χ0) is 18.0. The molecule has 0 amide bonds. The summed E-state index contributed by atoms with van der Waals surface area (Å²) in [5, 5.41) is 17.3. The quantitative estimate of drug-likeness (QED) is 0.773. The first-order chi connectivity index (χ1) is 12.0. The second-order valence-electron chi connectivity index (χ2n) is 6.07. The normalized spacial score (nSPS) is 16.5. The lowest BCUT2D eigenvalue weighted by Gasteiger charge is -2.24. The minimum atomic E-state index is -1.03. The molecule has 5 nitrogen and oxygen atoms in total. The van der Waals surface area contributed by atoms with Crippen molar-refractivity contribution in [2.24, 2.45) is 0 Å². The number of benzene rings is 1. The Morgan fingerprint density at radius 1 is 1.56 bits per heavy atom. The van der Waals surface area contributed by atoms with Gasteiger partial charge in [-0.2, -0.15) is 5.10 Å². The van der Waals surface area contributed by atoms with Crippen LogP contribution in [0.4, 0.5) is 4.39 Å². The van der Waals surface area contributed by atoms with Gasteiger partial charge >= 0.3 is 5.97 Å². The van der Waals surface area contributed by atoms with Gasteiger partial charge in [-0.15, -0.1) is 6.58 Å². The Hall–Kier alpha value is -2.18. The predicted molar refractivity (Wildman–Crippen MR) is 93.4 cm³/mol. The summed E-state index contributed by atoms with van der Waals surface area (Å²) in [5.41, 5.74) is 2.21. The molecule has 0 aliphatic heterocycles. The number of fused-ring (bicyclic) bond motifs is 1. The lowest BCUT2D eigenvalue weighted by atomic mass is 9.91. The topological polar surface area (TPSA) is 67.2 Å². The fourth-order valence-corrected chi connectivity index (χ4v) is 3.48. The monoisotopic (exact) mass is 363 g/mol. The molecule has 1 aromatic heterocycles. The van der Waals surface area contributed by atoms with Crippen molar-refractivity contribution >= 4 is 17.6 Å². The summed E-state index contributed by atoms with van der Waals surface area (Å²) < 4.78 is 15.6. The Labute approximate surface area is 150 Å². The maximum atomic E-state index is 13.9. The van der Waals surface area contributed by atoms with Crippen LogP contribution in [0.1, 0.15) is 33.7 Å². The number of aromatic carboxylic acids is 1. The van der Waals surface area contributed by atoms with Crippen LogP contribution in [0.5, 0.6) is 0 Å². The zero-order valence-corrected chi connectivity index (χ0v) is 14.4. The van der Waals surface area contributed by atoms with Crippen LogP contribution in [0.15, 0.2) is 30.9 Å². The number of rotatable bonds is 6. The Morgan fingerprint density at radius 2 is 2.36 bits per heavy atom. The van der Waals surface area contributed by atoms with Crippen LogP contribution in [0.3, 0.4) is 0 Å². The van der Waals surface area contributed by atoms with Gasteiger partial charge in [0.05, 0.1) is 6.54 Å². The molecule has 0 spiro atoms. The van der Waals surface area contributed by atoms with E-state index in [0.717, 1.165) is 17.7 Å². The number of carboxylic acids is 1. The number of hydrogen-bond acceptors (Lipinski definition) is 3. The van der Waals surface area contributed by atoms with E-state index in [9.17, 15) is 14.3 Å². The van der Waals surface area contributed by atoms with E-state index in [2.05, 4.69) is 17.0 Å². The van der Waals surface area contributed by atoms with Crippen LogP contribution < -0.4 is 5.32 Å². The van der Waals surface area contributed by atoms with E-state index >= 15 is 0 Å². The molecular formula is C18H19ClFN3O2. The number of aromatic nitrogens is 2. The molecule has 25 heavy (non-hydrogen) atoms. The summed E-state index contributed by atoms with van der Waals surface area (Å²) in [6.07, 6.45) is 3.77. The third kappa shape index (κ3) is 3.60. The van der Waals surface area contributed by atoms with Crippen LogP contribution in [-0.4, -0.2) is 26.9 Å². The molecule has 1 aromatic carbocycles. The van der Waals surface area contributed by atoms with E-state index in [1.54, 1.807) is 22.9 Å². The number of halogens is 2. The van der Waals surface area contributed by atoms with Crippen LogP contribution >= 0.6 is 11.6 Å². The van der Waals surface area contributed by atoms with E-state index in [4.69, 9.17) is 11.6 Å². The Morgan fingerprint density at radius 3 is 3.04 bits per heavy atom. The van der Waals surface area contributed by atoms with Crippen molar-refractivity contribution in [2.45, 2.75) is 38.4 Å². The summed E-state index contributed by atoms with van der Waals surface area (Å²) in [4.78, 5) is 11.5. The molecule has 7 heteroatoms. The van der Waals surface area contributed by atoms with Gasteiger partial charge in [0.15, 0.2) is 5.69 Å². The smallest absolute Gasteiger partial charge is 0.356 e. The Kier molecular flexibility index (Phi) is 5.20. The largest absolute Gasteiger partial charge is 0.476 e. The molecule has 1 atom stereocenters. The third-order valence-electron chi connectivity index (χ3n) is 4.48. The highest BCUT2D eigenvalue weighted by Crippen LogP contribution is 2.26. The van der Waals surface area contributed by atoms with Gasteiger partial charge in [0.2, 0.25) is 0 Å². The van der Waals surface area contributed by atoms with E-state index in [1.807, 2.05) is 0 Å². The molecule has 3 rings (SSSR count). The summed E-state index contributed by atoms with van der Waals surface area (Å²) in [6.45, 7) is 4.47. The van der Waals surface area contributed by atoms with Gasteiger partial charge in [0.1, 0.15) is 5.82 Å². The second-order valence-corrected chi connectivity index (χ2v) is 6.48. The molecule has 0 radical (unpaired) electrons. The maximum Gasteiger partial charge on any atom is 0.356 e. The predicted octanol–water partition coefficient (Wildman–Crippen LogP) is 3.21. The minimum absolute atomic E-state index is 0.0441. The number of carbonyl (C=O) groups is 1. The first-order valence-corrected chi connectivity index (χ1v) is 8.48. The number of hydrogen-bond donors (Lipinski definition) is 2. The highest BCUT2D eigenvalue weighted by atomic mass is 35.5. The van der Waals surface area contributed by atoms with Gasteiger partial charge < -0.3 is 10.4 Å². The molecule has 0 saturated heterocycles. The standard InChI is InChI=1S/C18H19ClFN3O2/c1-2-8-23-16-7-6-11(9-12(16)17(22-23)18(24)25)21-10-13-14(19)4-3-5-15(13)20/h2-5,11,21H,1,6-10H2,(H,24,25). The number of carboxylic acid groups (broad SMARTS) is 1. The lowest BCUT2D eigenvalue weighted by Crippen LogP contribution is -2.35. The lowest BCUT2D eigenvalue weighted by molar-refractivity contribution is 0.0688. The highest BCUT2D eigenvalue weighted by molar-refractivity contribution is 6.31. The number of nitrogens with one attached hydrogen (secondary N) is 1. The van der Waals surface area contributed by atoms with Crippen LogP contribution in [0.2, 0.25) is 5.02 Å². The molecule has 0 saturated carbocycles. The van der Waals surface area contributed by atoms with Crippen molar-refractivity contribution in [3.05, 3.63) is 64.2 Å². The van der Waals surface area contributed by atoms with Gasteiger partial charge in [-0.05, 0) is 31.4 Å². The molecular weight excluding hydrogens is 345 g/mol. The summed E-state index contributed by atoms with van der Waals surface area (Å²) in [7, 11) is 0. The average Bonchev–Trinajstić information content (AvgIpc) is 2.93. The van der Waals surface area contributed by atoms with Crippen molar-refractivity contribution < 1.29 is 14.3 Å². The Bertz CT molecular complexity index is 799. The number of nitrogens with zero attached hydrogens (tertiary/aromatic N) is 2. The fourth-order valence-electron chi connectivity index (χ4n) is 3.25. The van der Waals surface area contributed by atoms with Gasteiger partial charge in [0.25, 0.3) is 0 Å². The molecule has 0 fully saturated rings. The molecule has 132 valence electrons. The van der Waals surface area contributed by atoms with Gasteiger partial charge in [-0.3, -0.25) is 4.68 Å². The fraction of sp³-hybridized carbons (Fsp3) is 0.333. The van der Waals surface area contributed by atoms with E-state index in [1.165, 1.54) is 6.07 Å². The molecule has 1 unspecified atom stereocenters. The molecule has 1 aliphatic rings. The first kappa shape index (κ1) is 17.6.